The zero-order valence-electron chi connectivity index (χ0n) is 17.4. The summed E-state index contributed by atoms with van der Waals surface area (Å²) < 4.78 is 39.3. The number of amides is 1. The van der Waals surface area contributed by atoms with Crippen LogP contribution in [0.25, 0.3) is 10.9 Å². The van der Waals surface area contributed by atoms with Crippen molar-refractivity contribution in [3.8, 4) is 5.75 Å². The van der Waals surface area contributed by atoms with Crippen molar-refractivity contribution >= 4 is 61.1 Å². The van der Waals surface area contributed by atoms with Crippen molar-refractivity contribution in [1.29, 1.82) is 0 Å². The number of piperazine rings is 1. The number of aromatic nitrogens is 1. The molecule has 2 aromatic carbocycles. The Hall–Kier alpha value is -1.99. The molecule has 0 spiro atoms. The summed E-state index contributed by atoms with van der Waals surface area (Å²) in [5.74, 6) is 0.160. The van der Waals surface area contributed by atoms with Gasteiger partial charge in [-0.25, -0.2) is 0 Å². The van der Waals surface area contributed by atoms with Crippen LogP contribution in [0.4, 0.5) is 0 Å². The number of carbonyl (C=O) groups excluding carboxylic acids is 1. The van der Waals surface area contributed by atoms with E-state index in [1.807, 2.05) is 46.9 Å². The molecule has 11 heteroatoms. The molecule has 1 aliphatic heterocycles. The fourth-order valence-corrected chi connectivity index (χ4v) is 5.51. The highest BCUT2D eigenvalue weighted by Gasteiger charge is 2.24. The van der Waals surface area contributed by atoms with Gasteiger partial charge in [0.25, 0.3) is 16.0 Å². The first-order chi connectivity index (χ1) is 15.7. The van der Waals surface area contributed by atoms with Crippen LogP contribution in [0, 0.1) is 3.57 Å². The molecule has 3 aromatic rings. The van der Waals surface area contributed by atoms with Crippen molar-refractivity contribution in [3.05, 3.63) is 62.8 Å². The Morgan fingerprint density at radius 1 is 1.15 bits per heavy atom. The van der Waals surface area contributed by atoms with Crippen LogP contribution in [-0.2, 0) is 21.5 Å². The van der Waals surface area contributed by atoms with Crippen molar-refractivity contribution in [2.75, 3.05) is 32.8 Å². The number of hydrogen-bond acceptors (Lipinski definition) is 6. The highest BCUT2D eigenvalue weighted by molar-refractivity contribution is 14.1. The minimum Gasteiger partial charge on any atom is -0.480 e. The van der Waals surface area contributed by atoms with Gasteiger partial charge >= 0.3 is 0 Å². The number of hydrogen-bond donors (Lipinski definition) is 1. The lowest BCUT2D eigenvalue weighted by Gasteiger charge is -2.34. The van der Waals surface area contributed by atoms with Crippen LogP contribution in [0.2, 0.25) is 5.02 Å². The Kier molecular flexibility index (Phi) is 7.39. The predicted octanol–water partition coefficient (Wildman–Crippen LogP) is 3.46. The summed E-state index contributed by atoms with van der Waals surface area (Å²) in [6.45, 7) is 3.29. The van der Waals surface area contributed by atoms with Gasteiger partial charge in [0.1, 0.15) is 10.4 Å². The molecule has 0 aliphatic carbocycles. The molecule has 0 saturated carbocycles. The van der Waals surface area contributed by atoms with Gasteiger partial charge in [0.05, 0.1) is 3.57 Å². The number of rotatable bonds is 6. The predicted molar refractivity (Wildman–Crippen MR) is 133 cm³/mol. The number of carbonyl (C=O) groups is 1. The molecule has 1 aliphatic rings. The van der Waals surface area contributed by atoms with E-state index in [1.165, 1.54) is 23.9 Å². The van der Waals surface area contributed by atoms with Gasteiger partial charge in [-0.3, -0.25) is 19.2 Å². The van der Waals surface area contributed by atoms with E-state index in [0.717, 1.165) is 19.6 Å². The summed E-state index contributed by atoms with van der Waals surface area (Å²) in [6, 6.07) is 12.2. The number of nitrogens with zero attached hydrogens (tertiary/aromatic N) is 3. The molecule has 0 radical (unpaired) electrons. The Bertz CT molecular complexity index is 1280. The van der Waals surface area contributed by atoms with E-state index in [9.17, 15) is 17.8 Å². The molecule has 33 heavy (non-hydrogen) atoms. The van der Waals surface area contributed by atoms with Crippen molar-refractivity contribution in [2.45, 2.75) is 11.4 Å². The normalized spacial score (nSPS) is 15.1. The summed E-state index contributed by atoms with van der Waals surface area (Å²) in [5.41, 5.74) is 1.45. The Morgan fingerprint density at radius 2 is 1.85 bits per heavy atom. The number of fused-ring (bicyclic) bond motifs is 1. The van der Waals surface area contributed by atoms with Gasteiger partial charge in [-0.15, -0.1) is 0 Å². The zero-order chi connectivity index (χ0) is 23.6. The van der Waals surface area contributed by atoms with Crippen LogP contribution in [0.5, 0.6) is 5.75 Å². The van der Waals surface area contributed by atoms with E-state index >= 15 is 0 Å². The van der Waals surface area contributed by atoms with Gasteiger partial charge in [0.15, 0.2) is 12.4 Å². The summed E-state index contributed by atoms with van der Waals surface area (Å²) in [4.78, 5) is 20.8. The summed E-state index contributed by atoms with van der Waals surface area (Å²) in [5, 5.41) is 0.943. The number of ether oxygens (including phenoxy) is 1. The molecular formula is C22H21ClIN3O5S. The van der Waals surface area contributed by atoms with Crippen molar-refractivity contribution in [3.63, 3.8) is 0 Å². The first-order valence-electron chi connectivity index (χ1n) is 10.1. The number of halogens is 2. The van der Waals surface area contributed by atoms with Gasteiger partial charge in [-0.05, 0) is 58.5 Å². The maximum Gasteiger partial charge on any atom is 0.295 e. The number of pyridine rings is 1. The smallest absolute Gasteiger partial charge is 0.295 e. The second kappa shape index (κ2) is 10.1. The monoisotopic (exact) mass is 601 g/mol. The maximum atomic E-state index is 12.8. The van der Waals surface area contributed by atoms with E-state index in [0.29, 0.717) is 27.4 Å². The van der Waals surface area contributed by atoms with Gasteiger partial charge in [0.2, 0.25) is 0 Å². The average Bonchev–Trinajstić information content (AvgIpc) is 2.79. The van der Waals surface area contributed by atoms with Crippen molar-refractivity contribution in [1.82, 2.24) is 14.8 Å². The molecule has 0 unspecified atom stereocenters. The minimum absolute atomic E-state index is 0.153. The second-order valence-electron chi connectivity index (χ2n) is 7.63. The molecule has 1 aromatic heterocycles. The lowest BCUT2D eigenvalue weighted by Crippen LogP contribution is -2.49. The summed E-state index contributed by atoms with van der Waals surface area (Å²) in [6.07, 6.45) is 1.50. The quantitative estimate of drug-likeness (QED) is 0.341. The zero-order valence-corrected chi connectivity index (χ0v) is 21.2. The van der Waals surface area contributed by atoms with E-state index in [4.69, 9.17) is 16.3 Å². The molecule has 1 amide bonds. The molecule has 2 heterocycles. The van der Waals surface area contributed by atoms with E-state index in [2.05, 4.69) is 9.88 Å². The molecule has 1 fully saturated rings. The van der Waals surface area contributed by atoms with Gasteiger partial charge in [-0.2, -0.15) is 8.42 Å². The van der Waals surface area contributed by atoms with Crippen LogP contribution >= 0.6 is 34.2 Å². The Morgan fingerprint density at radius 3 is 2.52 bits per heavy atom. The van der Waals surface area contributed by atoms with Crippen LogP contribution in [-0.4, -0.2) is 66.4 Å². The Labute approximate surface area is 210 Å². The second-order valence-corrected chi connectivity index (χ2v) is 10.6. The lowest BCUT2D eigenvalue weighted by molar-refractivity contribution is -0.135. The lowest BCUT2D eigenvalue weighted by atomic mass is 10.2. The van der Waals surface area contributed by atoms with Crippen LogP contribution in [0.3, 0.4) is 0 Å². The van der Waals surface area contributed by atoms with Gasteiger partial charge in [0, 0.05) is 49.3 Å². The van der Waals surface area contributed by atoms with Crippen molar-refractivity contribution in [2.24, 2.45) is 0 Å². The van der Waals surface area contributed by atoms with Gasteiger partial charge < -0.3 is 9.64 Å². The third-order valence-electron chi connectivity index (χ3n) is 5.43. The van der Waals surface area contributed by atoms with Crippen molar-refractivity contribution < 1.29 is 22.5 Å². The number of benzene rings is 2. The molecule has 1 N–H and O–H groups in total. The highest BCUT2D eigenvalue weighted by atomic mass is 127. The van der Waals surface area contributed by atoms with Crippen LogP contribution < -0.4 is 4.74 Å². The standard InChI is InChI=1S/C22H21ClIN3O5S/c23-16-5-3-15(4-6-16)13-26-8-10-27(11-9-26)20(28)14-32-22-18(24)12-19(33(29,30)31)17-2-1-7-25-21(17)22/h1-7,12H,8-11,13-14H2,(H,29,30,31). The topological polar surface area (TPSA) is 100 Å². The summed E-state index contributed by atoms with van der Waals surface area (Å²) >= 11 is 7.85. The van der Waals surface area contributed by atoms with E-state index in [-0.39, 0.29) is 28.3 Å². The fraction of sp³-hybridized carbons (Fsp3) is 0.273. The summed E-state index contributed by atoms with van der Waals surface area (Å²) in [7, 11) is -4.43. The molecule has 0 atom stereocenters. The van der Waals surface area contributed by atoms with Gasteiger partial charge in [-0.1, -0.05) is 23.7 Å². The first-order valence-corrected chi connectivity index (χ1v) is 13.0. The largest absolute Gasteiger partial charge is 0.480 e. The molecule has 1 saturated heterocycles. The highest BCUT2D eigenvalue weighted by Crippen LogP contribution is 2.34. The molecule has 8 nitrogen and oxygen atoms in total. The van der Waals surface area contributed by atoms with Crippen LogP contribution in [0.15, 0.2) is 53.6 Å². The molecule has 174 valence electrons. The minimum atomic E-state index is -4.43. The molecular weight excluding hydrogens is 581 g/mol. The fourth-order valence-electron chi connectivity index (χ4n) is 3.74. The third-order valence-corrected chi connectivity index (χ3v) is 7.37. The first kappa shape index (κ1) is 24.1. The van der Waals surface area contributed by atoms with E-state index in [1.54, 1.807) is 11.0 Å². The molecule has 0 bridgehead atoms. The molecule has 4 rings (SSSR count). The maximum absolute atomic E-state index is 12.8. The van der Waals surface area contributed by atoms with E-state index < -0.39 is 10.1 Å². The van der Waals surface area contributed by atoms with Crippen LogP contribution in [0.1, 0.15) is 5.56 Å². The Balaban J connectivity index is 1.39. The third kappa shape index (κ3) is 5.75. The SMILES string of the molecule is O=C(COc1c(I)cc(S(=O)(=O)O)c2cccnc12)N1CCN(Cc2ccc(Cl)cc2)CC1. The average molecular weight is 602 g/mol.